The topological polar surface area (TPSA) is 57.5 Å². The van der Waals surface area contributed by atoms with E-state index in [2.05, 4.69) is 52.6 Å². The van der Waals surface area contributed by atoms with Crippen LogP contribution >= 0.6 is 0 Å². The minimum Gasteiger partial charge on any atom is -0.357 e. The molecule has 3 rings (SSSR count). The van der Waals surface area contributed by atoms with E-state index in [1.165, 1.54) is 38.0 Å². The molecule has 1 saturated heterocycles. The third-order valence-electron chi connectivity index (χ3n) is 5.35. The number of nitrogens with one attached hydrogen (secondary N) is 2. The summed E-state index contributed by atoms with van der Waals surface area (Å²) >= 11 is 0. The van der Waals surface area contributed by atoms with Gasteiger partial charge in [0.2, 0.25) is 0 Å². The van der Waals surface area contributed by atoms with Gasteiger partial charge in [0, 0.05) is 25.5 Å². The number of benzene rings is 1. The highest BCUT2D eigenvalue weighted by atomic mass is 15.2. The SMILES string of the molecule is CCNC(=NCc1ccccc1-n1ccnc1)NCCCN1CCC(C)CC1. The number of imidazole rings is 1. The first kappa shape index (κ1) is 20.4. The van der Waals surface area contributed by atoms with E-state index in [9.17, 15) is 0 Å². The summed E-state index contributed by atoms with van der Waals surface area (Å²) in [5.74, 6) is 1.78. The van der Waals surface area contributed by atoms with Crippen LogP contribution in [0.1, 0.15) is 38.7 Å². The lowest BCUT2D eigenvalue weighted by Gasteiger charge is -2.30. The van der Waals surface area contributed by atoms with Gasteiger partial charge in [0.1, 0.15) is 0 Å². The first-order chi connectivity index (χ1) is 13.8. The summed E-state index contributed by atoms with van der Waals surface area (Å²) in [6.45, 7) is 10.6. The van der Waals surface area contributed by atoms with Crippen molar-refractivity contribution in [1.29, 1.82) is 0 Å². The lowest BCUT2D eigenvalue weighted by atomic mass is 9.99. The molecular weight excluding hydrogens is 348 g/mol. The number of hydrogen-bond donors (Lipinski definition) is 2. The van der Waals surface area contributed by atoms with Gasteiger partial charge in [-0.15, -0.1) is 0 Å². The summed E-state index contributed by atoms with van der Waals surface area (Å²) in [7, 11) is 0. The second kappa shape index (κ2) is 10.9. The molecule has 0 spiro atoms. The summed E-state index contributed by atoms with van der Waals surface area (Å²) in [5.41, 5.74) is 2.30. The first-order valence-corrected chi connectivity index (χ1v) is 10.6. The Kier molecular flexibility index (Phi) is 7.91. The predicted octanol–water partition coefficient (Wildman–Crippen LogP) is 3.05. The second-order valence-electron chi connectivity index (χ2n) is 7.60. The zero-order valence-corrected chi connectivity index (χ0v) is 17.3. The molecule has 0 aliphatic carbocycles. The van der Waals surface area contributed by atoms with E-state index < -0.39 is 0 Å². The van der Waals surface area contributed by atoms with E-state index in [1.54, 1.807) is 6.20 Å². The number of likely N-dealkylation sites (tertiary alicyclic amines) is 1. The fourth-order valence-corrected chi connectivity index (χ4v) is 3.60. The number of piperidine rings is 1. The molecule has 2 aromatic rings. The minimum absolute atomic E-state index is 0.633. The number of guanidine groups is 1. The quantitative estimate of drug-likeness (QED) is 0.419. The normalized spacial score (nSPS) is 16.3. The van der Waals surface area contributed by atoms with Crippen molar-refractivity contribution in [3.8, 4) is 5.69 Å². The largest absolute Gasteiger partial charge is 0.357 e. The Hall–Kier alpha value is -2.34. The third-order valence-corrected chi connectivity index (χ3v) is 5.35. The molecule has 1 aliphatic rings. The molecule has 1 aromatic carbocycles. The van der Waals surface area contributed by atoms with Crippen LogP contribution in [-0.2, 0) is 6.54 Å². The van der Waals surface area contributed by atoms with E-state index in [0.29, 0.717) is 6.54 Å². The maximum absolute atomic E-state index is 4.80. The molecular formula is C22H34N6. The monoisotopic (exact) mass is 382 g/mol. The Bertz CT molecular complexity index is 716. The van der Waals surface area contributed by atoms with Gasteiger partial charge in [-0.25, -0.2) is 9.98 Å². The van der Waals surface area contributed by atoms with Gasteiger partial charge in [-0.3, -0.25) is 0 Å². The van der Waals surface area contributed by atoms with Crippen LogP contribution in [0.15, 0.2) is 48.0 Å². The molecule has 0 atom stereocenters. The molecule has 1 aliphatic heterocycles. The van der Waals surface area contributed by atoms with Crippen LogP contribution in [0.4, 0.5) is 0 Å². The van der Waals surface area contributed by atoms with Gasteiger partial charge in [-0.05, 0) is 63.4 Å². The van der Waals surface area contributed by atoms with Crippen LogP contribution < -0.4 is 10.6 Å². The molecule has 1 fully saturated rings. The number of aliphatic imine (C=N–C) groups is 1. The molecule has 0 radical (unpaired) electrons. The summed E-state index contributed by atoms with van der Waals surface area (Å²) in [4.78, 5) is 11.5. The lowest BCUT2D eigenvalue weighted by molar-refractivity contribution is 0.191. The molecule has 0 unspecified atom stereocenters. The maximum Gasteiger partial charge on any atom is 0.191 e. The molecule has 28 heavy (non-hydrogen) atoms. The first-order valence-electron chi connectivity index (χ1n) is 10.6. The van der Waals surface area contributed by atoms with Gasteiger partial charge >= 0.3 is 0 Å². The van der Waals surface area contributed by atoms with Crippen LogP contribution in [0, 0.1) is 5.92 Å². The second-order valence-corrected chi connectivity index (χ2v) is 7.60. The van der Waals surface area contributed by atoms with Crippen LogP contribution in [0.2, 0.25) is 0 Å². The van der Waals surface area contributed by atoms with Crippen LogP contribution in [0.3, 0.4) is 0 Å². The van der Waals surface area contributed by atoms with Crippen molar-refractivity contribution >= 4 is 5.96 Å². The molecule has 2 N–H and O–H groups in total. The van der Waals surface area contributed by atoms with Gasteiger partial charge in [-0.1, -0.05) is 25.1 Å². The van der Waals surface area contributed by atoms with E-state index >= 15 is 0 Å². The standard InChI is InChI=1S/C22H34N6/c1-3-24-22(25-11-6-13-27-14-9-19(2)10-15-27)26-17-20-7-4-5-8-21(20)28-16-12-23-18-28/h4-5,7-8,12,16,18-19H,3,6,9-11,13-15,17H2,1-2H3,(H2,24,25,26). The highest BCUT2D eigenvalue weighted by molar-refractivity contribution is 5.79. The van der Waals surface area contributed by atoms with E-state index in [-0.39, 0.29) is 0 Å². The van der Waals surface area contributed by atoms with Crippen molar-refractivity contribution in [2.24, 2.45) is 10.9 Å². The van der Waals surface area contributed by atoms with Crippen molar-refractivity contribution in [1.82, 2.24) is 25.1 Å². The Balaban J connectivity index is 1.51. The predicted molar refractivity (Wildman–Crippen MR) is 116 cm³/mol. The highest BCUT2D eigenvalue weighted by Gasteiger charge is 2.14. The molecule has 152 valence electrons. The Morgan fingerprint density at radius 3 is 2.79 bits per heavy atom. The Morgan fingerprint density at radius 1 is 1.21 bits per heavy atom. The molecule has 0 bridgehead atoms. The van der Waals surface area contributed by atoms with Crippen molar-refractivity contribution in [2.75, 3.05) is 32.7 Å². The highest BCUT2D eigenvalue weighted by Crippen LogP contribution is 2.16. The zero-order valence-electron chi connectivity index (χ0n) is 17.3. The smallest absolute Gasteiger partial charge is 0.191 e. The summed E-state index contributed by atoms with van der Waals surface area (Å²) in [6.07, 6.45) is 9.42. The summed E-state index contributed by atoms with van der Waals surface area (Å²) in [5, 5.41) is 6.84. The van der Waals surface area contributed by atoms with Gasteiger partial charge in [0.05, 0.1) is 18.6 Å². The molecule has 2 heterocycles. The van der Waals surface area contributed by atoms with Crippen LogP contribution in [0.5, 0.6) is 0 Å². The van der Waals surface area contributed by atoms with E-state index in [0.717, 1.165) is 37.1 Å². The third kappa shape index (κ3) is 6.09. The number of para-hydroxylation sites is 1. The minimum atomic E-state index is 0.633. The number of rotatable bonds is 8. The molecule has 0 amide bonds. The van der Waals surface area contributed by atoms with Crippen molar-refractivity contribution in [3.05, 3.63) is 48.5 Å². The number of nitrogens with zero attached hydrogens (tertiary/aromatic N) is 4. The van der Waals surface area contributed by atoms with Gasteiger partial charge in [0.25, 0.3) is 0 Å². The maximum atomic E-state index is 4.80. The Labute approximate surface area is 169 Å². The molecule has 1 aromatic heterocycles. The van der Waals surface area contributed by atoms with Crippen molar-refractivity contribution in [2.45, 2.75) is 39.7 Å². The van der Waals surface area contributed by atoms with Crippen molar-refractivity contribution < 1.29 is 0 Å². The Morgan fingerprint density at radius 2 is 2.04 bits per heavy atom. The molecule has 6 nitrogen and oxygen atoms in total. The number of aromatic nitrogens is 2. The van der Waals surface area contributed by atoms with Gasteiger partial charge in [-0.2, -0.15) is 0 Å². The fraction of sp³-hybridized carbons (Fsp3) is 0.545. The van der Waals surface area contributed by atoms with Crippen LogP contribution in [-0.4, -0.2) is 53.1 Å². The van der Waals surface area contributed by atoms with Crippen LogP contribution in [0.25, 0.3) is 5.69 Å². The van der Waals surface area contributed by atoms with Gasteiger partial charge < -0.3 is 20.1 Å². The van der Waals surface area contributed by atoms with E-state index in [1.807, 2.05) is 23.2 Å². The average molecular weight is 383 g/mol. The summed E-state index contributed by atoms with van der Waals surface area (Å²) in [6, 6.07) is 8.34. The van der Waals surface area contributed by atoms with E-state index in [4.69, 9.17) is 4.99 Å². The summed E-state index contributed by atoms with van der Waals surface area (Å²) < 4.78 is 2.03. The average Bonchev–Trinajstić information content (AvgIpc) is 3.25. The van der Waals surface area contributed by atoms with Crippen molar-refractivity contribution in [3.63, 3.8) is 0 Å². The lowest BCUT2D eigenvalue weighted by Crippen LogP contribution is -2.39. The molecule has 6 heteroatoms. The fourth-order valence-electron chi connectivity index (χ4n) is 3.60. The number of hydrogen-bond acceptors (Lipinski definition) is 3. The molecule has 0 saturated carbocycles. The van der Waals surface area contributed by atoms with Gasteiger partial charge in [0.15, 0.2) is 5.96 Å². The zero-order chi connectivity index (χ0) is 19.6.